The van der Waals surface area contributed by atoms with E-state index < -0.39 is 5.97 Å². The second-order valence-corrected chi connectivity index (χ2v) is 8.11. The number of hydrogen-bond acceptors (Lipinski definition) is 6. The van der Waals surface area contributed by atoms with Crippen molar-refractivity contribution in [1.82, 2.24) is 24.7 Å². The number of carboxylic acid groups (broad SMARTS) is 1. The molecule has 2 aliphatic carbocycles. The molecule has 0 unspecified atom stereocenters. The number of carboxylic acids is 1. The van der Waals surface area contributed by atoms with Crippen LogP contribution in [0.5, 0.6) is 0 Å². The summed E-state index contributed by atoms with van der Waals surface area (Å²) in [6, 6.07) is 14.4. The smallest absolute Gasteiger partial charge is 0.317 e. The van der Waals surface area contributed by atoms with Crippen molar-refractivity contribution < 1.29 is 9.90 Å². The number of rotatable bonds is 8. The minimum atomic E-state index is -0.741. The van der Waals surface area contributed by atoms with Crippen molar-refractivity contribution in [3.8, 4) is 11.4 Å². The van der Waals surface area contributed by atoms with Gasteiger partial charge in [0.15, 0.2) is 11.5 Å². The first kappa shape index (κ1) is 18.1. The molecule has 5 rings (SSSR count). The van der Waals surface area contributed by atoms with Gasteiger partial charge in [0.05, 0.1) is 6.54 Å². The molecule has 0 saturated heterocycles. The van der Waals surface area contributed by atoms with Gasteiger partial charge in [-0.2, -0.15) is 4.52 Å². The number of hydrogen-bond donors (Lipinski definition) is 2. The third kappa shape index (κ3) is 3.93. The van der Waals surface area contributed by atoms with E-state index in [9.17, 15) is 9.90 Å². The molecule has 0 amide bonds. The first-order valence-electron chi connectivity index (χ1n) is 10.2. The van der Waals surface area contributed by atoms with Gasteiger partial charge in [-0.3, -0.25) is 9.69 Å². The number of aromatic nitrogens is 4. The second kappa shape index (κ2) is 7.44. The predicted octanol–water partition coefficient (Wildman–Crippen LogP) is 2.53. The van der Waals surface area contributed by atoms with E-state index >= 15 is 0 Å². The first-order valence-corrected chi connectivity index (χ1v) is 10.2. The molecule has 2 fully saturated rings. The van der Waals surface area contributed by atoms with Gasteiger partial charge in [0.1, 0.15) is 5.82 Å². The van der Waals surface area contributed by atoms with Crippen LogP contribution in [0.2, 0.25) is 0 Å². The Morgan fingerprint density at radius 2 is 1.93 bits per heavy atom. The van der Waals surface area contributed by atoms with Crippen molar-refractivity contribution in [2.45, 2.75) is 37.8 Å². The molecular formula is C21H24N6O2. The number of carbonyl (C=O) groups is 1. The minimum Gasteiger partial charge on any atom is -0.480 e. The Kier molecular flexibility index (Phi) is 4.63. The lowest BCUT2D eigenvalue weighted by atomic mass is 9.85. The fourth-order valence-corrected chi connectivity index (χ4v) is 3.99. The van der Waals surface area contributed by atoms with Crippen LogP contribution in [0.4, 0.5) is 5.82 Å². The Labute approximate surface area is 168 Å². The highest BCUT2D eigenvalue weighted by molar-refractivity contribution is 5.69. The van der Waals surface area contributed by atoms with Gasteiger partial charge < -0.3 is 10.4 Å². The van der Waals surface area contributed by atoms with Crippen molar-refractivity contribution in [1.29, 1.82) is 0 Å². The van der Waals surface area contributed by atoms with Crippen molar-refractivity contribution in [3.05, 3.63) is 42.5 Å². The normalized spacial score (nSPS) is 21.3. The highest BCUT2D eigenvalue weighted by Gasteiger charge is 2.37. The van der Waals surface area contributed by atoms with Gasteiger partial charge in [-0.25, -0.2) is 0 Å². The van der Waals surface area contributed by atoms with Gasteiger partial charge >= 0.3 is 5.97 Å². The number of benzene rings is 1. The number of aliphatic carboxylic acids is 1. The summed E-state index contributed by atoms with van der Waals surface area (Å²) in [5, 5.41) is 25.9. The molecule has 0 aliphatic heterocycles. The summed E-state index contributed by atoms with van der Waals surface area (Å²) < 4.78 is 1.76. The third-order valence-electron chi connectivity index (χ3n) is 5.80. The van der Waals surface area contributed by atoms with Crippen LogP contribution in [-0.4, -0.2) is 61.0 Å². The molecule has 8 nitrogen and oxygen atoms in total. The van der Waals surface area contributed by atoms with Gasteiger partial charge in [-0.05, 0) is 43.7 Å². The summed E-state index contributed by atoms with van der Waals surface area (Å²) in [6.07, 6.45) is 4.34. The summed E-state index contributed by atoms with van der Waals surface area (Å²) in [7, 11) is 0. The van der Waals surface area contributed by atoms with Crippen LogP contribution in [0.1, 0.15) is 25.7 Å². The Hall–Kier alpha value is -3.00. The van der Waals surface area contributed by atoms with Gasteiger partial charge in [0, 0.05) is 24.2 Å². The number of nitrogens with one attached hydrogen (secondary N) is 1. The van der Waals surface area contributed by atoms with Crippen LogP contribution in [-0.2, 0) is 4.79 Å². The van der Waals surface area contributed by atoms with Crippen molar-refractivity contribution in [3.63, 3.8) is 0 Å². The molecule has 2 saturated carbocycles. The van der Waals surface area contributed by atoms with E-state index in [2.05, 4.69) is 25.5 Å². The highest BCUT2D eigenvalue weighted by atomic mass is 16.4. The lowest BCUT2D eigenvalue weighted by Gasteiger charge is -2.43. The zero-order valence-corrected chi connectivity index (χ0v) is 16.1. The van der Waals surface area contributed by atoms with E-state index in [0.717, 1.165) is 30.8 Å². The molecule has 29 heavy (non-hydrogen) atoms. The Balaban J connectivity index is 1.26. The topological polar surface area (TPSA) is 95.7 Å². The zero-order valence-electron chi connectivity index (χ0n) is 16.1. The van der Waals surface area contributed by atoms with Gasteiger partial charge in [0.25, 0.3) is 0 Å². The lowest BCUT2D eigenvalue weighted by Crippen LogP contribution is -2.52. The van der Waals surface area contributed by atoms with E-state index in [0.29, 0.717) is 29.5 Å². The van der Waals surface area contributed by atoms with Gasteiger partial charge in [-0.1, -0.05) is 30.3 Å². The summed E-state index contributed by atoms with van der Waals surface area (Å²) in [6.45, 7) is 1.05. The third-order valence-corrected chi connectivity index (χ3v) is 5.80. The number of fused-ring (bicyclic) bond motifs is 1. The monoisotopic (exact) mass is 392 g/mol. The zero-order chi connectivity index (χ0) is 19.8. The second-order valence-electron chi connectivity index (χ2n) is 8.11. The van der Waals surface area contributed by atoms with Crippen LogP contribution in [0.25, 0.3) is 17.0 Å². The van der Waals surface area contributed by atoms with Gasteiger partial charge in [-0.15, -0.1) is 15.3 Å². The fraction of sp³-hybridized carbons (Fsp3) is 0.429. The molecule has 3 aromatic rings. The fourth-order valence-electron chi connectivity index (χ4n) is 3.99. The Bertz CT molecular complexity index is 1010. The highest BCUT2D eigenvalue weighted by Crippen LogP contribution is 2.34. The standard InChI is InChI=1S/C21H24N6O2/c28-20(29)13-26(12-14-6-7-14)17-10-16(11-17)22-18-8-9-19-23-24-21(27(19)25-18)15-4-2-1-3-5-15/h1-5,8-9,14,16-17H,6-7,10-13H2,(H,22,25)(H,28,29). The van der Waals surface area contributed by atoms with E-state index in [4.69, 9.17) is 0 Å². The Morgan fingerprint density at radius 3 is 2.66 bits per heavy atom. The van der Waals surface area contributed by atoms with E-state index in [1.165, 1.54) is 12.8 Å². The maximum absolute atomic E-state index is 11.2. The van der Waals surface area contributed by atoms with Crippen LogP contribution >= 0.6 is 0 Å². The van der Waals surface area contributed by atoms with E-state index in [-0.39, 0.29) is 6.54 Å². The molecule has 2 N–H and O–H groups in total. The lowest BCUT2D eigenvalue weighted by molar-refractivity contribution is -0.139. The van der Waals surface area contributed by atoms with Crippen LogP contribution < -0.4 is 5.32 Å². The molecule has 8 heteroatoms. The summed E-state index contributed by atoms with van der Waals surface area (Å²) in [5.41, 5.74) is 1.68. The summed E-state index contributed by atoms with van der Waals surface area (Å²) >= 11 is 0. The van der Waals surface area contributed by atoms with Crippen LogP contribution in [0.15, 0.2) is 42.5 Å². The quantitative estimate of drug-likeness (QED) is 0.608. The summed E-state index contributed by atoms with van der Waals surface area (Å²) in [5.74, 6) is 1.45. The van der Waals surface area contributed by atoms with Crippen LogP contribution in [0.3, 0.4) is 0 Å². The largest absolute Gasteiger partial charge is 0.480 e. The molecule has 0 radical (unpaired) electrons. The average Bonchev–Trinajstić information content (AvgIpc) is 3.40. The van der Waals surface area contributed by atoms with Crippen molar-refractivity contribution >= 4 is 17.4 Å². The molecule has 2 aromatic heterocycles. The molecule has 1 aromatic carbocycles. The maximum atomic E-state index is 11.2. The van der Waals surface area contributed by atoms with E-state index in [1.807, 2.05) is 42.5 Å². The van der Waals surface area contributed by atoms with Crippen LogP contribution in [0, 0.1) is 5.92 Å². The maximum Gasteiger partial charge on any atom is 0.317 e. The molecule has 0 atom stereocenters. The molecule has 150 valence electrons. The van der Waals surface area contributed by atoms with Crippen molar-refractivity contribution in [2.75, 3.05) is 18.4 Å². The first-order chi connectivity index (χ1) is 14.2. The summed E-state index contributed by atoms with van der Waals surface area (Å²) in [4.78, 5) is 13.3. The number of anilines is 1. The SMILES string of the molecule is O=C(O)CN(CC1CC1)C1CC(Nc2ccc3nnc(-c4ccccc4)n3n2)C1. The van der Waals surface area contributed by atoms with Crippen molar-refractivity contribution in [2.24, 2.45) is 5.92 Å². The molecule has 2 aliphatic rings. The predicted molar refractivity (Wildman–Crippen MR) is 109 cm³/mol. The minimum absolute atomic E-state index is 0.138. The number of nitrogens with zero attached hydrogens (tertiary/aromatic N) is 5. The molecule has 0 spiro atoms. The molecular weight excluding hydrogens is 368 g/mol. The average molecular weight is 392 g/mol. The van der Waals surface area contributed by atoms with E-state index in [1.54, 1.807) is 4.52 Å². The van der Waals surface area contributed by atoms with Gasteiger partial charge in [0.2, 0.25) is 0 Å². The molecule has 0 bridgehead atoms. The molecule has 2 heterocycles. The Morgan fingerprint density at radius 1 is 1.14 bits per heavy atom.